The van der Waals surface area contributed by atoms with Crippen molar-refractivity contribution in [1.82, 2.24) is 29.3 Å². The van der Waals surface area contributed by atoms with Gasteiger partial charge in [0.05, 0.1) is 22.9 Å². The molecule has 5 aromatic rings. The summed E-state index contributed by atoms with van der Waals surface area (Å²) in [7, 11) is 0. The Morgan fingerprint density at radius 1 is 1.18 bits per heavy atom. The van der Waals surface area contributed by atoms with Gasteiger partial charge in [-0.05, 0) is 24.6 Å². The van der Waals surface area contributed by atoms with E-state index >= 15 is 0 Å². The lowest BCUT2D eigenvalue weighted by molar-refractivity contribution is -0.141. The van der Waals surface area contributed by atoms with E-state index < -0.39 is 29.3 Å². The Hall–Kier alpha value is -3.87. The Balaban J connectivity index is 1.63. The van der Waals surface area contributed by atoms with Gasteiger partial charge in [0.2, 0.25) is 0 Å². The average Bonchev–Trinajstić information content (AvgIpc) is 3.39. The van der Waals surface area contributed by atoms with Crippen LogP contribution in [-0.2, 0) is 6.18 Å². The van der Waals surface area contributed by atoms with Gasteiger partial charge >= 0.3 is 6.18 Å². The van der Waals surface area contributed by atoms with Crippen LogP contribution in [0.3, 0.4) is 0 Å². The summed E-state index contributed by atoms with van der Waals surface area (Å²) in [6.07, 6.45) is -2.10. The monoisotopic (exact) mass is 475 g/mol. The van der Waals surface area contributed by atoms with E-state index in [1.807, 2.05) is 0 Å². The first-order valence-electron chi connectivity index (χ1n) is 9.52. The number of rotatable bonds is 4. The molecule has 168 valence electrons. The number of anilines is 1. The molecule has 33 heavy (non-hydrogen) atoms. The quantitative estimate of drug-likeness (QED) is 0.373. The van der Waals surface area contributed by atoms with E-state index in [9.17, 15) is 22.4 Å². The Morgan fingerprint density at radius 2 is 2.00 bits per heavy atom. The second kappa shape index (κ2) is 7.62. The number of aromatic nitrogens is 6. The molecule has 2 N–H and O–H groups in total. The minimum atomic E-state index is -4.86. The molecule has 0 fully saturated rings. The number of halogens is 4. The molecule has 0 bridgehead atoms. The number of aromatic amines is 1. The maximum absolute atomic E-state index is 13.9. The molecule has 4 heterocycles. The van der Waals surface area contributed by atoms with E-state index in [-0.39, 0.29) is 21.1 Å². The van der Waals surface area contributed by atoms with Crippen molar-refractivity contribution < 1.29 is 17.6 Å². The van der Waals surface area contributed by atoms with Crippen molar-refractivity contribution in [1.29, 1.82) is 0 Å². The fourth-order valence-electron chi connectivity index (χ4n) is 3.45. The van der Waals surface area contributed by atoms with Gasteiger partial charge in [0, 0.05) is 6.07 Å². The molecule has 0 spiro atoms. The summed E-state index contributed by atoms with van der Waals surface area (Å²) < 4.78 is 56.0. The van der Waals surface area contributed by atoms with Gasteiger partial charge in [-0.15, -0.1) is 0 Å². The molecule has 5 rings (SSSR count). The Morgan fingerprint density at radius 3 is 2.76 bits per heavy atom. The molecule has 0 saturated heterocycles. The maximum atomic E-state index is 13.9. The highest BCUT2D eigenvalue weighted by molar-refractivity contribution is 7.20. The average molecular weight is 475 g/mol. The van der Waals surface area contributed by atoms with Crippen molar-refractivity contribution in [2.75, 3.05) is 5.32 Å². The van der Waals surface area contributed by atoms with Gasteiger partial charge in [0.25, 0.3) is 5.56 Å². The third-order valence-corrected chi connectivity index (χ3v) is 6.00. The lowest BCUT2D eigenvalue weighted by Crippen LogP contribution is -2.23. The minimum Gasteiger partial charge on any atom is -0.360 e. The van der Waals surface area contributed by atoms with Gasteiger partial charge < -0.3 is 10.3 Å². The third kappa shape index (κ3) is 3.69. The molecule has 0 aliphatic heterocycles. The number of nitrogens with zero attached hydrogens (tertiary/aromatic N) is 5. The number of nitrogens with one attached hydrogen (secondary N) is 2. The highest BCUT2D eigenvalue weighted by Crippen LogP contribution is 2.41. The number of benzene rings is 1. The minimum absolute atomic E-state index is 0.00701. The SMILES string of the molecule is CC(Nc1ncnc2nc[nH]c12)c1cc(=O)n2c(C(F)(F)F)c(-c3cccc(F)c3)sc2n1. The highest BCUT2D eigenvalue weighted by atomic mass is 32.1. The van der Waals surface area contributed by atoms with E-state index in [1.165, 1.54) is 24.8 Å². The summed E-state index contributed by atoms with van der Waals surface area (Å²) in [4.78, 5) is 31.7. The van der Waals surface area contributed by atoms with Crippen LogP contribution in [0, 0.1) is 5.82 Å². The van der Waals surface area contributed by atoms with Gasteiger partial charge in [0.1, 0.15) is 17.7 Å². The van der Waals surface area contributed by atoms with Gasteiger partial charge in [-0.1, -0.05) is 23.5 Å². The van der Waals surface area contributed by atoms with Gasteiger partial charge in [0.15, 0.2) is 22.1 Å². The molecule has 0 saturated carbocycles. The molecule has 0 aliphatic rings. The molecular formula is C20H13F4N7OS. The van der Waals surface area contributed by atoms with E-state index in [2.05, 4.69) is 30.2 Å². The molecule has 0 amide bonds. The topological polar surface area (TPSA) is 101 Å². The van der Waals surface area contributed by atoms with Crippen LogP contribution in [0.25, 0.3) is 26.6 Å². The number of hydrogen-bond acceptors (Lipinski definition) is 7. The summed E-state index contributed by atoms with van der Waals surface area (Å²) in [5.41, 5.74) is -0.904. The molecule has 0 aliphatic carbocycles. The van der Waals surface area contributed by atoms with Crippen molar-refractivity contribution in [3.63, 3.8) is 0 Å². The van der Waals surface area contributed by atoms with Gasteiger partial charge in [-0.25, -0.2) is 28.7 Å². The van der Waals surface area contributed by atoms with Gasteiger partial charge in [-0.2, -0.15) is 13.2 Å². The second-order valence-corrected chi connectivity index (χ2v) is 8.09. The van der Waals surface area contributed by atoms with Crippen LogP contribution < -0.4 is 10.9 Å². The molecule has 13 heteroatoms. The number of fused-ring (bicyclic) bond motifs is 2. The van der Waals surface area contributed by atoms with Gasteiger partial charge in [-0.3, -0.25) is 4.79 Å². The zero-order valence-corrected chi connectivity index (χ0v) is 17.5. The zero-order valence-electron chi connectivity index (χ0n) is 16.7. The van der Waals surface area contributed by atoms with E-state index in [0.29, 0.717) is 32.7 Å². The van der Waals surface area contributed by atoms with Crippen LogP contribution >= 0.6 is 11.3 Å². The molecule has 4 aromatic heterocycles. The first-order valence-corrected chi connectivity index (χ1v) is 10.3. The normalized spacial score (nSPS) is 13.0. The first-order chi connectivity index (χ1) is 15.7. The fourth-order valence-corrected chi connectivity index (χ4v) is 4.60. The molecule has 0 radical (unpaired) electrons. The largest absolute Gasteiger partial charge is 0.433 e. The number of imidazole rings is 1. The van der Waals surface area contributed by atoms with Crippen LogP contribution in [0.5, 0.6) is 0 Å². The smallest absolute Gasteiger partial charge is 0.360 e. The number of thiazole rings is 1. The van der Waals surface area contributed by atoms with Crippen LogP contribution in [-0.4, -0.2) is 29.3 Å². The Labute approximate surface area is 186 Å². The first kappa shape index (κ1) is 21.0. The number of hydrogen-bond donors (Lipinski definition) is 2. The maximum Gasteiger partial charge on any atom is 0.433 e. The van der Waals surface area contributed by atoms with E-state index in [0.717, 1.165) is 18.2 Å². The molecule has 8 nitrogen and oxygen atoms in total. The summed E-state index contributed by atoms with van der Waals surface area (Å²) in [5.74, 6) is -0.290. The van der Waals surface area contributed by atoms with Crippen LogP contribution in [0.2, 0.25) is 0 Å². The zero-order chi connectivity index (χ0) is 23.3. The Bertz CT molecular complexity index is 1560. The van der Waals surface area contributed by atoms with E-state index in [1.54, 1.807) is 6.92 Å². The summed E-state index contributed by atoms with van der Waals surface area (Å²) in [6.45, 7) is 1.69. The predicted octanol–water partition coefficient (Wildman–Crippen LogP) is 4.42. The Kier molecular flexibility index (Phi) is 4.85. The van der Waals surface area contributed by atoms with Crippen molar-refractivity contribution >= 4 is 33.3 Å². The standard InChI is InChI=1S/C20H13F4N7OS/c1-9(29-18-14-17(26-7-25-14)27-8-28-18)12-6-13(32)31-16(20(22,23)24)15(33-19(31)30-12)10-3-2-4-11(21)5-10/h2-9H,1H3,(H2,25,26,27,28,29). The predicted molar refractivity (Wildman–Crippen MR) is 113 cm³/mol. The molecule has 1 aromatic carbocycles. The van der Waals surface area contributed by atoms with Crippen LogP contribution in [0.1, 0.15) is 24.4 Å². The third-order valence-electron chi connectivity index (χ3n) is 4.91. The van der Waals surface area contributed by atoms with Crippen LogP contribution in [0.15, 0.2) is 47.8 Å². The second-order valence-electron chi connectivity index (χ2n) is 7.11. The van der Waals surface area contributed by atoms with Crippen molar-refractivity contribution in [3.05, 3.63) is 70.5 Å². The highest BCUT2D eigenvalue weighted by Gasteiger charge is 2.39. The van der Waals surface area contributed by atoms with Crippen molar-refractivity contribution in [2.45, 2.75) is 19.1 Å². The summed E-state index contributed by atoms with van der Waals surface area (Å²) in [6, 6.07) is 5.22. The lowest BCUT2D eigenvalue weighted by Gasteiger charge is -2.14. The van der Waals surface area contributed by atoms with E-state index in [4.69, 9.17) is 0 Å². The van der Waals surface area contributed by atoms with Crippen molar-refractivity contribution in [2.24, 2.45) is 0 Å². The number of alkyl halides is 3. The molecular weight excluding hydrogens is 462 g/mol. The van der Waals surface area contributed by atoms with Crippen LogP contribution in [0.4, 0.5) is 23.4 Å². The molecule has 1 unspecified atom stereocenters. The lowest BCUT2D eigenvalue weighted by atomic mass is 10.1. The fraction of sp³-hybridized carbons (Fsp3) is 0.150. The summed E-state index contributed by atoms with van der Waals surface area (Å²) >= 11 is 0.664. The van der Waals surface area contributed by atoms with Crippen molar-refractivity contribution in [3.8, 4) is 10.4 Å². The number of H-pyrrole nitrogens is 1. The molecule has 1 atom stereocenters. The summed E-state index contributed by atoms with van der Waals surface area (Å²) in [5, 5.41) is 3.07.